The lowest BCUT2D eigenvalue weighted by Crippen LogP contribution is -2.41. The van der Waals surface area contributed by atoms with E-state index in [-0.39, 0.29) is 31.6 Å². The van der Waals surface area contributed by atoms with Gasteiger partial charge in [0.05, 0.1) is 10.7 Å². The summed E-state index contributed by atoms with van der Waals surface area (Å²) >= 11 is 5.90. The molecule has 2 aromatic heterocycles. The van der Waals surface area contributed by atoms with Crippen LogP contribution in [-0.4, -0.2) is 29.8 Å². The molecule has 0 atom stereocenters. The van der Waals surface area contributed by atoms with Crippen molar-refractivity contribution in [2.24, 2.45) is 7.05 Å². The van der Waals surface area contributed by atoms with Gasteiger partial charge in [0, 0.05) is 18.7 Å². The van der Waals surface area contributed by atoms with Crippen molar-refractivity contribution in [3.05, 3.63) is 55.6 Å². The van der Waals surface area contributed by atoms with Crippen LogP contribution in [-0.2, 0) is 13.2 Å². The first-order chi connectivity index (χ1) is 12.1. The summed E-state index contributed by atoms with van der Waals surface area (Å²) in [6, 6.07) is 1.97. The van der Waals surface area contributed by atoms with E-state index in [1.807, 2.05) is 0 Å². The monoisotopic (exact) mass is 390 g/mol. The summed E-state index contributed by atoms with van der Waals surface area (Å²) in [4.78, 5) is 24.4. The fraction of sp³-hybridized carbons (Fsp3) is 0.154. The van der Waals surface area contributed by atoms with E-state index in [1.165, 1.54) is 0 Å². The number of halogens is 5. The van der Waals surface area contributed by atoms with Gasteiger partial charge in [0.2, 0.25) is 0 Å². The third kappa shape index (κ3) is 2.87. The SMILES string of the molecule is Cn1c(C(F)(F)F)cc(=O)n(-c2cc(-c3nnn[nH]3)c(Cl)cc2F)c1=O. The van der Waals surface area contributed by atoms with Crippen LogP contribution in [0, 0.1) is 5.82 Å². The first kappa shape index (κ1) is 17.8. The molecule has 26 heavy (non-hydrogen) atoms. The van der Waals surface area contributed by atoms with Gasteiger partial charge >= 0.3 is 11.9 Å². The Bertz CT molecular complexity index is 1100. The van der Waals surface area contributed by atoms with E-state index in [4.69, 9.17) is 11.6 Å². The number of hydrogen-bond donors (Lipinski definition) is 1. The first-order valence-electron chi connectivity index (χ1n) is 6.75. The van der Waals surface area contributed by atoms with Gasteiger partial charge in [-0.25, -0.2) is 18.9 Å². The largest absolute Gasteiger partial charge is 0.431 e. The highest BCUT2D eigenvalue weighted by atomic mass is 35.5. The molecule has 0 aliphatic rings. The summed E-state index contributed by atoms with van der Waals surface area (Å²) in [6.45, 7) is 0. The first-order valence-corrected chi connectivity index (χ1v) is 7.13. The summed E-state index contributed by atoms with van der Waals surface area (Å²) in [6.07, 6.45) is -4.93. The molecule has 0 bridgehead atoms. The Morgan fingerprint density at radius 3 is 2.46 bits per heavy atom. The Balaban J connectivity index is 2.32. The summed E-state index contributed by atoms with van der Waals surface area (Å²) < 4.78 is 53.5. The van der Waals surface area contributed by atoms with Crippen LogP contribution in [0.25, 0.3) is 17.1 Å². The summed E-state index contributed by atoms with van der Waals surface area (Å²) in [5.41, 5.74) is -4.75. The molecule has 136 valence electrons. The number of alkyl halides is 3. The molecular weight excluding hydrogens is 384 g/mol. The molecule has 0 radical (unpaired) electrons. The Labute approximate surface area is 145 Å². The molecule has 2 heterocycles. The molecule has 0 saturated heterocycles. The van der Waals surface area contributed by atoms with Crippen molar-refractivity contribution in [2.75, 3.05) is 0 Å². The number of aromatic nitrogens is 6. The smallest absolute Gasteiger partial charge is 0.292 e. The highest BCUT2D eigenvalue weighted by molar-refractivity contribution is 6.33. The van der Waals surface area contributed by atoms with Gasteiger partial charge in [-0.1, -0.05) is 11.6 Å². The average Bonchev–Trinajstić information content (AvgIpc) is 3.06. The fourth-order valence-corrected chi connectivity index (χ4v) is 2.52. The van der Waals surface area contributed by atoms with E-state index >= 15 is 0 Å². The lowest BCUT2D eigenvalue weighted by Gasteiger charge is -2.15. The van der Waals surface area contributed by atoms with E-state index in [0.29, 0.717) is 0 Å². The van der Waals surface area contributed by atoms with Crippen molar-refractivity contribution in [1.29, 1.82) is 0 Å². The number of aromatic amines is 1. The average molecular weight is 391 g/mol. The number of benzene rings is 1. The van der Waals surface area contributed by atoms with Crippen molar-refractivity contribution < 1.29 is 17.6 Å². The van der Waals surface area contributed by atoms with Crippen LogP contribution in [0.1, 0.15) is 5.69 Å². The van der Waals surface area contributed by atoms with E-state index in [0.717, 1.165) is 19.2 Å². The molecular formula is C13H7ClF4N6O2. The zero-order chi connectivity index (χ0) is 19.2. The molecule has 1 N–H and O–H groups in total. The van der Waals surface area contributed by atoms with E-state index in [2.05, 4.69) is 20.6 Å². The van der Waals surface area contributed by atoms with Crippen molar-refractivity contribution in [3.63, 3.8) is 0 Å². The minimum absolute atomic E-state index is 0.00744. The standard InChI is InChI=1S/C13H7ClF4N6O2/c1-23-9(13(16,17)18)4-10(25)24(12(23)26)8-2-5(6(14)3-7(8)15)11-19-21-22-20-11/h2-4H,1H3,(H,19,20,21,22). The minimum Gasteiger partial charge on any atom is -0.292 e. The van der Waals surface area contributed by atoms with Crippen LogP contribution in [0.15, 0.2) is 27.8 Å². The molecule has 0 aliphatic heterocycles. The highest BCUT2D eigenvalue weighted by Crippen LogP contribution is 2.29. The van der Waals surface area contributed by atoms with Crippen molar-refractivity contribution in [3.8, 4) is 17.1 Å². The van der Waals surface area contributed by atoms with E-state index in [9.17, 15) is 27.2 Å². The molecule has 3 aromatic rings. The van der Waals surface area contributed by atoms with Crippen LogP contribution < -0.4 is 11.2 Å². The molecule has 0 fully saturated rings. The molecule has 0 spiro atoms. The number of H-pyrrole nitrogens is 1. The van der Waals surface area contributed by atoms with Crippen LogP contribution >= 0.6 is 11.6 Å². The third-order valence-corrected chi connectivity index (χ3v) is 3.80. The van der Waals surface area contributed by atoms with Gasteiger partial charge in [0.1, 0.15) is 11.5 Å². The fourth-order valence-electron chi connectivity index (χ4n) is 2.28. The molecule has 3 rings (SSSR count). The molecule has 1 aromatic carbocycles. The van der Waals surface area contributed by atoms with Crippen LogP contribution in [0.5, 0.6) is 0 Å². The predicted molar refractivity (Wildman–Crippen MR) is 80.4 cm³/mol. The molecule has 0 aliphatic carbocycles. The van der Waals surface area contributed by atoms with Gasteiger partial charge in [-0.05, 0) is 22.6 Å². The maximum Gasteiger partial charge on any atom is 0.431 e. The predicted octanol–water partition coefficient (Wildman–Crippen LogP) is 1.53. The molecule has 0 saturated carbocycles. The van der Waals surface area contributed by atoms with Gasteiger partial charge in [-0.2, -0.15) is 13.2 Å². The second-order valence-corrected chi connectivity index (χ2v) is 5.48. The molecule has 0 amide bonds. The number of hydrogen-bond acceptors (Lipinski definition) is 5. The maximum atomic E-state index is 14.3. The maximum absolute atomic E-state index is 14.3. The lowest BCUT2D eigenvalue weighted by atomic mass is 10.1. The van der Waals surface area contributed by atoms with Gasteiger partial charge in [0.25, 0.3) is 5.56 Å². The van der Waals surface area contributed by atoms with Gasteiger partial charge in [-0.15, -0.1) is 5.10 Å². The second kappa shape index (κ2) is 6.05. The lowest BCUT2D eigenvalue weighted by molar-refractivity contribution is -0.144. The van der Waals surface area contributed by atoms with Crippen LogP contribution in [0.2, 0.25) is 5.02 Å². The zero-order valence-electron chi connectivity index (χ0n) is 12.7. The number of tetrazole rings is 1. The van der Waals surface area contributed by atoms with Gasteiger partial charge < -0.3 is 0 Å². The van der Waals surface area contributed by atoms with Crippen molar-refractivity contribution in [1.82, 2.24) is 29.8 Å². The van der Waals surface area contributed by atoms with E-state index in [1.54, 1.807) is 0 Å². The minimum atomic E-state index is -4.93. The Morgan fingerprint density at radius 2 is 1.88 bits per heavy atom. The number of nitrogens with one attached hydrogen (secondary N) is 1. The number of rotatable bonds is 2. The summed E-state index contributed by atoms with van der Waals surface area (Å²) in [5.74, 6) is -1.08. The summed E-state index contributed by atoms with van der Waals surface area (Å²) in [5, 5.41) is 12.4. The normalized spacial score (nSPS) is 11.8. The van der Waals surface area contributed by atoms with Crippen LogP contribution in [0.4, 0.5) is 17.6 Å². The van der Waals surface area contributed by atoms with Crippen LogP contribution in [0.3, 0.4) is 0 Å². The van der Waals surface area contributed by atoms with Gasteiger partial charge in [0.15, 0.2) is 5.82 Å². The molecule has 8 nitrogen and oxygen atoms in total. The topological polar surface area (TPSA) is 98.5 Å². The van der Waals surface area contributed by atoms with Crippen molar-refractivity contribution in [2.45, 2.75) is 6.18 Å². The third-order valence-electron chi connectivity index (χ3n) is 3.49. The Morgan fingerprint density at radius 1 is 1.19 bits per heavy atom. The second-order valence-electron chi connectivity index (χ2n) is 5.08. The summed E-state index contributed by atoms with van der Waals surface area (Å²) in [7, 11) is 0.816. The number of nitrogens with zero attached hydrogens (tertiary/aromatic N) is 5. The molecule has 0 unspecified atom stereocenters. The van der Waals surface area contributed by atoms with E-state index < -0.39 is 34.6 Å². The Kier molecular flexibility index (Phi) is 4.14. The van der Waals surface area contributed by atoms with Gasteiger partial charge in [-0.3, -0.25) is 9.36 Å². The Hall–Kier alpha value is -3.02. The zero-order valence-corrected chi connectivity index (χ0v) is 13.4. The highest BCUT2D eigenvalue weighted by Gasteiger charge is 2.35. The molecule has 13 heteroatoms. The quantitative estimate of drug-likeness (QED) is 0.669. The van der Waals surface area contributed by atoms with Crippen molar-refractivity contribution >= 4 is 11.6 Å².